The van der Waals surface area contributed by atoms with Gasteiger partial charge in [0.25, 0.3) is 0 Å². The molecule has 0 aromatic rings. The lowest BCUT2D eigenvalue weighted by Gasteiger charge is -2.32. The van der Waals surface area contributed by atoms with Gasteiger partial charge in [-0.05, 0) is 38.1 Å². The normalized spacial score (nSPS) is 25.3. The molecule has 0 aromatic carbocycles. The number of likely N-dealkylation sites (tertiary alicyclic amines) is 1. The van der Waals surface area contributed by atoms with Gasteiger partial charge in [0, 0.05) is 17.9 Å². The Kier molecular flexibility index (Phi) is 7.72. The van der Waals surface area contributed by atoms with Crippen molar-refractivity contribution in [1.29, 1.82) is 0 Å². The van der Waals surface area contributed by atoms with Crippen molar-refractivity contribution in [2.45, 2.75) is 64.8 Å². The first-order chi connectivity index (χ1) is 7.81. The van der Waals surface area contributed by atoms with Gasteiger partial charge in [-0.25, -0.2) is 0 Å². The van der Waals surface area contributed by atoms with E-state index in [1.54, 1.807) is 0 Å². The van der Waals surface area contributed by atoms with Crippen LogP contribution in [-0.4, -0.2) is 29.4 Å². The molecule has 1 rings (SSSR count). The van der Waals surface area contributed by atoms with Gasteiger partial charge in [-0.1, -0.05) is 49.0 Å². The van der Waals surface area contributed by atoms with Crippen molar-refractivity contribution < 1.29 is 0 Å². The van der Waals surface area contributed by atoms with E-state index in [1.165, 1.54) is 63.4 Å². The van der Waals surface area contributed by atoms with Crippen LogP contribution in [0.25, 0.3) is 0 Å². The second-order valence-corrected chi connectivity index (χ2v) is 5.86. The maximum atomic E-state index is 3.68. The molecule has 1 fully saturated rings. The zero-order valence-electron chi connectivity index (χ0n) is 11.1. The highest BCUT2D eigenvalue weighted by molar-refractivity contribution is 9.09. The van der Waals surface area contributed by atoms with Gasteiger partial charge < -0.3 is 4.90 Å². The van der Waals surface area contributed by atoms with Crippen LogP contribution in [0.4, 0.5) is 0 Å². The third kappa shape index (κ3) is 4.75. The quantitative estimate of drug-likeness (QED) is 0.653. The Hall–Kier alpha value is 0.440. The summed E-state index contributed by atoms with van der Waals surface area (Å²) in [6.07, 6.45) is 9.76. The van der Waals surface area contributed by atoms with Gasteiger partial charge in [0.05, 0.1) is 0 Å². The number of hydrogen-bond donors (Lipinski definition) is 0. The van der Waals surface area contributed by atoms with Crippen LogP contribution in [-0.2, 0) is 0 Å². The average molecular weight is 290 g/mol. The highest BCUT2D eigenvalue weighted by Gasteiger charge is 2.21. The molecule has 16 heavy (non-hydrogen) atoms. The minimum Gasteiger partial charge on any atom is -0.300 e. The summed E-state index contributed by atoms with van der Waals surface area (Å²) >= 11 is 3.68. The van der Waals surface area contributed by atoms with E-state index in [2.05, 4.69) is 34.7 Å². The van der Waals surface area contributed by atoms with Gasteiger partial charge in [0.2, 0.25) is 0 Å². The van der Waals surface area contributed by atoms with Crippen LogP contribution in [0.5, 0.6) is 0 Å². The molecule has 0 aromatic heterocycles. The molecule has 0 aliphatic carbocycles. The number of alkyl halides is 1. The lowest BCUT2D eigenvalue weighted by molar-refractivity contribution is 0.167. The van der Waals surface area contributed by atoms with Gasteiger partial charge in [-0.15, -0.1) is 0 Å². The fraction of sp³-hybridized carbons (Fsp3) is 1.00. The molecule has 0 spiro atoms. The summed E-state index contributed by atoms with van der Waals surface area (Å²) in [4.78, 5) is 2.77. The largest absolute Gasteiger partial charge is 0.300 e. The summed E-state index contributed by atoms with van der Waals surface area (Å²) in [6, 6.07) is 0.862. The summed E-state index contributed by atoms with van der Waals surface area (Å²) in [5.41, 5.74) is 0. The lowest BCUT2D eigenvalue weighted by Crippen LogP contribution is -2.38. The number of nitrogens with zero attached hydrogens (tertiary/aromatic N) is 1. The van der Waals surface area contributed by atoms with Gasteiger partial charge >= 0.3 is 0 Å². The molecule has 0 amide bonds. The molecule has 0 radical (unpaired) electrons. The van der Waals surface area contributed by atoms with E-state index in [9.17, 15) is 0 Å². The average Bonchev–Trinajstić information content (AvgIpc) is 2.53. The van der Waals surface area contributed by atoms with Crippen LogP contribution in [0.3, 0.4) is 0 Å². The maximum absolute atomic E-state index is 3.68. The molecule has 2 unspecified atom stereocenters. The van der Waals surface area contributed by atoms with Crippen molar-refractivity contribution in [3.8, 4) is 0 Å². The number of halogens is 1. The number of hydrogen-bond acceptors (Lipinski definition) is 1. The van der Waals surface area contributed by atoms with Gasteiger partial charge in [-0.3, -0.25) is 0 Å². The molecule has 1 aliphatic rings. The van der Waals surface area contributed by atoms with E-state index in [4.69, 9.17) is 0 Å². The Morgan fingerprint density at radius 2 is 2.06 bits per heavy atom. The van der Waals surface area contributed by atoms with Crippen LogP contribution in [0, 0.1) is 5.92 Å². The van der Waals surface area contributed by atoms with Crippen molar-refractivity contribution in [3.63, 3.8) is 0 Å². The highest BCUT2D eigenvalue weighted by Crippen LogP contribution is 2.22. The summed E-state index contributed by atoms with van der Waals surface area (Å²) in [7, 11) is 0. The lowest BCUT2D eigenvalue weighted by atomic mass is 10.0. The molecule has 96 valence electrons. The van der Waals surface area contributed by atoms with E-state index in [1.807, 2.05) is 0 Å². The predicted octanol–water partition coefficient (Wildman–Crippen LogP) is 4.45. The first kappa shape index (κ1) is 14.5. The van der Waals surface area contributed by atoms with Crippen molar-refractivity contribution in [3.05, 3.63) is 0 Å². The van der Waals surface area contributed by atoms with E-state index < -0.39 is 0 Å². The topological polar surface area (TPSA) is 3.24 Å². The minimum absolute atomic E-state index is 0.858. The number of rotatable bonds is 6. The first-order valence-electron chi connectivity index (χ1n) is 7.11. The molecule has 2 atom stereocenters. The fourth-order valence-corrected chi connectivity index (χ4v) is 3.43. The van der Waals surface area contributed by atoms with Gasteiger partial charge in [0.1, 0.15) is 0 Å². The third-order valence-corrected chi connectivity index (χ3v) is 4.79. The van der Waals surface area contributed by atoms with Crippen molar-refractivity contribution in [2.75, 3.05) is 18.4 Å². The predicted molar refractivity (Wildman–Crippen MR) is 76.3 cm³/mol. The molecule has 1 saturated heterocycles. The molecule has 1 aliphatic heterocycles. The molecule has 2 heteroatoms. The Bertz CT molecular complexity index is 172. The first-order valence-corrected chi connectivity index (χ1v) is 8.23. The van der Waals surface area contributed by atoms with Gasteiger partial charge in [0.15, 0.2) is 0 Å². The van der Waals surface area contributed by atoms with E-state index >= 15 is 0 Å². The molecule has 0 N–H and O–H groups in total. The summed E-state index contributed by atoms with van der Waals surface area (Å²) < 4.78 is 0. The SMILES string of the molecule is CCCC(CBr)CN1CCCCCC1CC. The molecule has 1 heterocycles. The van der Waals surface area contributed by atoms with Crippen LogP contribution in [0.1, 0.15) is 58.8 Å². The zero-order valence-corrected chi connectivity index (χ0v) is 12.6. The monoisotopic (exact) mass is 289 g/mol. The zero-order chi connectivity index (χ0) is 11.8. The highest BCUT2D eigenvalue weighted by atomic mass is 79.9. The Labute approximate surface area is 110 Å². The molecular formula is C14H28BrN. The third-order valence-electron chi connectivity index (χ3n) is 3.88. The van der Waals surface area contributed by atoms with Crippen molar-refractivity contribution in [1.82, 2.24) is 4.90 Å². The molecule has 0 bridgehead atoms. The standard InChI is InChI=1S/C14H28BrN/c1-3-8-13(11-15)12-16-10-7-5-6-9-14(16)4-2/h13-14H,3-12H2,1-2H3. The van der Waals surface area contributed by atoms with Crippen LogP contribution >= 0.6 is 15.9 Å². The maximum Gasteiger partial charge on any atom is 0.00927 e. The molecular weight excluding hydrogens is 262 g/mol. The Balaban J connectivity index is 2.46. The van der Waals surface area contributed by atoms with E-state index in [-0.39, 0.29) is 0 Å². The minimum atomic E-state index is 0.858. The van der Waals surface area contributed by atoms with Crippen molar-refractivity contribution in [2.24, 2.45) is 5.92 Å². The molecule has 0 saturated carbocycles. The smallest absolute Gasteiger partial charge is 0.00927 e. The Morgan fingerprint density at radius 3 is 2.69 bits per heavy atom. The second-order valence-electron chi connectivity index (χ2n) is 5.22. The van der Waals surface area contributed by atoms with Crippen molar-refractivity contribution >= 4 is 15.9 Å². The van der Waals surface area contributed by atoms with E-state index in [0.29, 0.717) is 0 Å². The van der Waals surface area contributed by atoms with Gasteiger partial charge in [-0.2, -0.15) is 0 Å². The van der Waals surface area contributed by atoms with Crippen LogP contribution in [0.2, 0.25) is 0 Å². The van der Waals surface area contributed by atoms with Crippen LogP contribution in [0.15, 0.2) is 0 Å². The summed E-state index contributed by atoms with van der Waals surface area (Å²) in [5.74, 6) is 0.858. The Morgan fingerprint density at radius 1 is 1.25 bits per heavy atom. The van der Waals surface area contributed by atoms with E-state index in [0.717, 1.165) is 12.0 Å². The summed E-state index contributed by atoms with van der Waals surface area (Å²) in [6.45, 7) is 7.31. The fourth-order valence-electron chi connectivity index (χ4n) is 2.90. The molecule has 1 nitrogen and oxygen atoms in total. The van der Waals surface area contributed by atoms with Crippen LogP contribution < -0.4 is 0 Å². The second kappa shape index (κ2) is 8.52. The summed E-state index contributed by atoms with van der Waals surface area (Å²) in [5, 5.41) is 1.17.